The molecule has 0 aromatic heterocycles. The van der Waals surface area contributed by atoms with Crippen molar-refractivity contribution in [2.75, 3.05) is 6.54 Å². The van der Waals surface area contributed by atoms with Gasteiger partial charge in [-0.2, -0.15) is 0 Å². The van der Waals surface area contributed by atoms with Gasteiger partial charge in [0.1, 0.15) is 0 Å². The summed E-state index contributed by atoms with van der Waals surface area (Å²) in [7, 11) is 0. The summed E-state index contributed by atoms with van der Waals surface area (Å²) >= 11 is 0. The number of hydrogen-bond acceptors (Lipinski definition) is 2. The largest absolute Gasteiger partial charge is 0.481 e. The fraction of sp³-hybridized carbons (Fsp3) is 0.846. The van der Waals surface area contributed by atoms with Crippen LogP contribution in [0.1, 0.15) is 57.8 Å². The fourth-order valence-corrected chi connectivity index (χ4v) is 2.41. The van der Waals surface area contributed by atoms with Crippen LogP contribution in [0.3, 0.4) is 0 Å². The smallest absolute Gasteiger partial charge is 0.303 e. The number of hydrogen-bond donors (Lipinski definition) is 2. The highest BCUT2D eigenvalue weighted by Crippen LogP contribution is 2.28. The van der Waals surface area contributed by atoms with E-state index in [1.165, 1.54) is 32.1 Å². The van der Waals surface area contributed by atoms with Gasteiger partial charge in [0.2, 0.25) is 5.91 Å². The summed E-state index contributed by atoms with van der Waals surface area (Å²) in [5, 5.41) is 11.3. The average Bonchev–Trinajstić information content (AvgIpc) is 2.76. The van der Waals surface area contributed by atoms with E-state index in [2.05, 4.69) is 5.32 Å². The van der Waals surface area contributed by atoms with Gasteiger partial charge in [-0.1, -0.05) is 25.7 Å². The lowest BCUT2D eigenvalue weighted by molar-refractivity contribution is -0.137. The minimum absolute atomic E-state index is 0.0160. The molecule has 0 spiro atoms. The molecule has 4 heteroatoms. The molecule has 1 fully saturated rings. The third-order valence-corrected chi connectivity index (χ3v) is 3.38. The molecule has 1 saturated carbocycles. The Morgan fingerprint density at radius 3 is 2.47 bits per heavy atom. The van der Waals surface area contributed by atoms with Crippen LogP contribution in [0, 0.1) is 5.92 Å². The first kappa shape index (κ1) is 14.0. The highest BCUT2D eigenvalue weighted by atomic mass is 16.4. The summed E-state index contributed by atoms with van der Waals surface area (Å²) in [5.74, 6) is 0.0237. The van der Waals surface area contributed by atoms with Crippen molar-refractivity contribution in [3.8, 4) is 0 Å². The summed E-state index contributed by atoms with van der Waals surface area (Å²) in [5.41, 5.74) is 0. The van der Waals surface area contributed by atoms with E-state index >= 15 is 0 Å². The van der Waals surface area contributed by atoms with Crippen LogP contribution in [0.15, 0.2) is 0 Å². The molecule has 0 aromatic carbocycles. The van der Waals surface area contributed by atoms with Crippen LogP contribution < -0.4 is 5.32 Å². The molecule has 17 heavy (non-hydrogen) atoms. The van der Waals surface area contributed by atoms with Crippen molar-refractivity contribution in [3.63, 3.8) is 0 Å². The summed E-state index contributed by atoms with van der Waals surface area (Å²) in [6, 6.07) is 0. The number of carbonyl (C=O) groups is 2. The molecule has 2 N–H and O–H groups in total. The topological polar surface area (TPSA) is 66.4 Å². The first-order valence-electron chi connectivity index (χ1n) is 6.67. The van der Waals surface area contributed by atoms with Gasteiger partial charge < -0.3 is 10.4 Å². The van der Waals surface area contributed by atoms with Crippen LogP contribution in [-0.2, 0) is 9.59 Å². The number of amides is 1. The molecule has 0 aromatic rings. The zero-order valence-corrected chi connectivity index (χ0v) is 10.4. The quantitative estimate of drug-likeness (QED) is 0.641. The second-order valence-electron chi connectivity index (χ2n) is 4.89. The Morgan fingerprint density at radius 2 is 1.82 bits per heavy atom. The molecule has 0 bridgehead atoms. The zero-order chi connectivity index (χ0) is 12.5. The van der Waals surface area contributed by atoms with Crippen molar-refractivity contribution >= 4 is 11.9 Å². The van der Waals surface area contributed by atoms with E-state index in [1.54, 1.807) is 0 Å². The molecule has 0 atom stereocenters. The van der Waals surface area contributed by atoms with E-state index in [4.69, 9.17) is 5.11 Å². The van der Waals surface area contributed by atoms with Gasteiger partial charge in [-0.15, -0.1) is 0 Å². The summed E-state index contributed by atoms with van der Waals surface area (Å²) in [6.45, 7) is 0.738. The standard InChI is InChI=1S/C13H23NO3/c15-12(8-3-9-13(16)17)14-10-4-7-11-5-1-2-6-11/h11H,1-10H2,(H,14,15)(H,16,17). The molecule has 0 saturated heterocycles. The molecule has 0 unspecified atom stereocenters. The predicted molar refractivity (Wildman–Crippen MR) is 65.7 cm³/mol. The van der Waals surface area contributed by atoms with Gasteiger partial charge in [0.15, 0.2) is 0 Å². The van der Waals surface area contributed by atoms with Crippen molar-refractivity contribution in [1.29, 1.82) is 0 Å². The Hall–Kier alpha value is -1.06. The molecule has 0 radical (unpaired) electrons. The van der Waals surface area contributed by atoms with Crippen LogP contribution in [0.4, 0.5) is 0 Å². The highest BCUT2D eigenvalue weighted by Gasteiger charge is 2.14. The number of rotatable bonds is 8. The Kier molecular flexibility index (Phi) is 6.67. The highest BCUT2D eigenvalue weighted by molar-refractivity contribution is 5.76. The first-order valence-corrected chi connectivity index (χ1v) is 6.67. The van der Waals surface area contributed by atoms with E-state index < -0.39 is 5.97 Å². The van der Waals surface area contributed by atoms with Gasteiger partial charge >= 0.3 is 5.97 Å². The molecule has 1 aliphatic rings. The second kappa shape index (κ2) is 8.09. The lowest BCUT2D eigenvalue weighted by Gasteiger charge is -2.09. The van der Waals surface area contributed by atoms with Crippen molar-refractivity contribution in [2.45, 2.75) is 57.8 Å². The van der Waals surface area contributed by atoms with Crippen LogP contribution in [0.2, 0.25) is 0 Å². The molecule has 0 heterocycles. The summed E-state index contributed by atoms with van der Waals surface area (Å²) in [4.78, 5) is 21.6. The van der Waals surface area contributed by atoms with E-state index in [-0.39, 0.29) is 12.3 Å². The maximum Gasteiger partial charge on any atom is 0.303 e. The molecule has 4 nitrogen and oxygen atoms in total. The maximum absolute atomic E-state index is 11.3. The van der Waals surface area contributed by atoms with Gasteiger partial charge in [0, 0.05) is 19.4 Å². The lowest BCUT2D eigenvalue weighted by Crippen LogP contribution is -2.24. The minimum atomic E-state index is -0.834. The number of aliphatic carboxylic acids is 1. The summed E-state index contributed by atoms with van der Waals surface area (Å²) in [6.07, 6.45) is 8.55. The maximum atomic E-state index is 11.3. The van der Waals surface area contributed by atoms with Crippen LogP contribution in [0.5, 0.6) is 0 Å². The number of carboxylic acids is 1. The molecule has 1 rings (SSSR count). The van der Waals surface area contributed by atoms with E-state index in [0.29, 0.717) is 12.8 Å². The van der Waals surface area contributed by atoms with Crippen LogP contribution in [-0.4, -0.2) is 23.5 Å². The van der Waals surface area contributed by atoms with Crippen molar-refractivity contribution in [1.82, 2.24) is 5.32 Å². The fourth-order valence-electron chi connectivity index (χ4n) is 2.41. The van der Waals surface area contributed by atoms with E-state index in [9.17, 15) is 9.59 Å². The molecular formula is C13H23NO3. The SMILES string of the molecule is O=C(O)CCCC(=O)NCCCC1CCCC1. The zero-order valence-electron chi connectivity index (χ0n) is 10.4. The Bertz CT molecular complexity index is 247. The Balaban J connectivity index is 1.90. The van der Waals surface area contributed by atoms with Crippen molar-refractivity contribution in [2.24, 2.45) is 5.92 Å². The number of carboxylic acid groups (broad SMARTS) is 1. The van der Waals surface area contributed by atoms with Crippen LogP contribution >= 0.6 is 0 Å². The lowest BCUT2D eigenvalue weighted by atomic mass is 10.0. The van der Waals surface area contributed by atoms with Crippen LogP contribution in [0.25, 0.3) is 0 Å². The van der Waals surface area contributed by atoms with Crippen molar-refractivity contribution in [3.05, 3.63) is 0 Å². The minimum Gasteiger partial charge on any atom is -0.481 e. The molecular weight excluding hydrogens is 218 g/mol. The molecule has 0 aliphatic heterocycles. The molecule has 1 amide bonds. The molecule has 98 valence electrons. The van der Waals surface area contributed by atoms with Gasteiger partial charge in [-0.25, -0.2) is 0 Å². The second-order valence-corrected chi connectivity index (χ2v) is 4.89. The van der Waals surface area contributed by atoms with Gasteiger partial charge in [0.25, 0.3) is 0 Å². The third kappa shape index (κ3) is 6.97. The monoisotopic (exact) mass is 241 g/mol. The van der Waals surface area contributed by atoms with E-state index in [1.807, 2.05) is 0 Å². The van der Waals surface area contributed by atoms with Gasteiger partial charge in [0.05, 0.1) is 0 Å². The number of carbonyl (C=O) groups excluding carboxylic acids is 1. The Morgan fingerprint density at radius 1 is 1.12 bits per heavy atom. The van der Waals surface area contributed by atoms with Gasteiger partial charge in [-0.05, 0) is 25.2 Å². The predicted octanol–water partition coefficient (Wildman–Crippen LogP) is 2.33. The Labute approximate surface area is 103 Å². The van der Waals surface area contributed by atoms with Crippen molar-refractivity contribution < 1.29 is 14.7 Å². The van der Waals surface area contributed by atoms with Gasteiger partial charge in [-0.3, -0.25) is 9.59 Å². The molecule has 1 aliphatic carbocycles. The first-order chi connectivity index (χ1) is 8.18. The summed E-state index contributed by atoms with van der Waals surface area (Å²) < 4.78 is 0. The number of nitrogens with one attached hydrogen (secondary N) is 1. The third-order valence-electron chi connectivity index (χ3n) is 3.38. The normalized spacial score (nSPS) is 16.0. The average molecular weight is 241 g/mol. The van der Waals surface area contributed by atoms with E-state index in [0.717, 1.165) is 18.9 Å².